The Hall–Kier alpha value is -1.85. The molecular formula is C15H24N4O2. The molecule has 116 valence electrons. The maximum absolute atomic E-state index is 11.9. The van der Waals surface area contributed by atoms with Crippen molar-refractivity contribution >= 4 is 11.7 Å². The van der Waals surface area contributed by atoms with Gasteiger partial charge in [0.25, 0.3) is 0 Å². The van der Waals surface area contributed by atoms with Crippen LogP contribution in [0, 0.1) is 6.92 Å². The zero-order chi connectivity index (χ0) is 15.2. The van der Waals surface area contributed by atoms with Gasteiger partial charge in [-0.2, -0.15) is 4.98 Å². The molecule has 21 heavy (non-hydrogen) atoms. The summed E-state index contributed by atoms with van der Waals surface area (Å²) in [5, 5.41) is 0. The van der Waals surface area contributed by atoms with Crippen LogP contribution in [0.1, 0.15) is 32.5 Å². The second kappa shape index (κ2) is 7.24. The van der Waals surface area contributed by atoms with Gasteiger partial charge in [0, 0.05) is 38.7 Å². The van der Waals surface area contributed by atoms with Gasteiger partial charge in [-0.05, 0) is 20.3 Å². The molecule has 1 aromatic heterocycles. The van der Waals surface area contributed by atoms with Gasteiger partial charge in [-0.1, -0.05) is 6.92 Å². The summed E-state index contributed by atoms with van der Waals surface area (Å²) in [4.78, 5) is 24.8. The molecule has 2 rings (SSSR count). The Morgan fingerprint density at radius 2 is 1.95 bits per heavy atom. The minimum Gasteiger partial charge on any atom is -0.478 e. The fourth-order valence-corrected chi connectivity index (χ4v) is 2.47. The summed E-state index contributed by atoms with van der Waals surface area (Å²) >= 11 is 0. The number of aromatic nitrogens is 2. The Labute approximate surface area is 126 Å². The molecule has 0 saturated carbocycles. The molecular weight excluding hydrogens is 268 g/mol. The van der Waals surface area contributed by atoms with Crippen LogP contribution in [0.3, 0.4) is 0 Å². The Morgan fingerprint density at radius 3 is 2.57 bits per heavy atom. The van der Waals surface area contributed by atoms with E-state index >= 15 is 0 Å². The molecule has 1 aliphatic heterocycles. The molecule has 0 N–H and O–H groups in total. The summed E-state index contributed by atoms with van der Waals surface area (Å²) in [6.07, 6.45) is 1.54. The van der Waals surface area contributed by atoms with Crippen molar-refractivity contribution in [3.8, 4) is 5.88 Å². The monoisotopic (exact) mass is 292 g/mol. The third kappa shape index (κ3) is 4.06. The predicted molar refractivity (Wildman–Crippen MR) is 81.6 cm³/mol. The molecule has 0 aromatic carbocycles. The van der Waals surface area contributed by atoms with Gasteiger partial charge < -0.3 is 14.5 Å². The first-order chi connectivity index (χ1) is 10.1. The van der Waals surface area contributed by atoms with E-state index in [1.807, 2.05) is 31.7 Å². The minimum absolute atomic E-state index is 0.256. The lowest BCUT2D eigenvalue weighted by Gasteiger charge is -2.35. The maximum Gasteiger partial charge on any atom is 0.222 e. The Balaban J connectivity index is 2.00. The molecule has 2 heterocycles. The van der Waals surface area contributed by atoms with Crippen LogP contribution in [-0.4, -0.2) is 53.6 Å². The highest BCUT2D eigenvalue weighted by molar-refractivity contribution is 5.76. The van der Waals surface area contributed by atoms with Crippen molar-refractivity contribution in [2.24, 2.45) is 0 Å². The number of carbonyl (C=O) groups is 1. The van der Waals surface area contributed by atoms with Crippen LogP contribution >= 0.6 is 0 Å². The number of aryl methyl sites for hydroxylation is 1. The van der Waals surface area contributed by atoms with E-state index in [1.165, 1.54) is 0 Å². The lowest BCUT2D eigenvalue weighted by atomic mass is 10.2. The standard InChI is InChI=1S/C15H24N4O2/c1-4-6-15(20)19-9-7-18(8-10-19)13-11-14(21-5-2)17-12(3)16-13/h11H,4-10H2,1-3H3. The highest BCUT2D eigenvalue weighted by Crippen LogP contribution is 2.19. The van der Waals surface area contributed by atoms with Crippen molar-refractivity contribution < 1.29 is 9.53 Å². The van der Waals surface area contributed by atoms with Gasteiger partial charge in [0.15, 0.2) is 0 Å². The molecule has 1 fully saturated rings. The summed E-state index contributed by atoms with van der Waals surface area (Å²) in [5.74, 6) is 2.46. The smallest absolute Gasteiger partial charge is 0.222 e. The van der Waals surface area contributed by atoms with Gasteiger partial charge in [0.1, 0.15) is 11.6 Å². The molecule has 1 aromatic rings. The maximum atomic E-state index is 11.9. The Kier molecular flexibility index (Phi) is 5.36. The number of anilines is 1. The fraction of sp³-hybridized carbons (Fsp3) is 0.667. The third-order valence-electron chi connectivity index (χ3n) is 3.51. The van der Waals surface area contributed by atoms with Crippen molar-refractivity contribution in [2.45, 2.75) is 33.6 Å². The van der Waals surface area contributed by atoms with Crippen molar-refractivity contribution in [3.05, 3.63) is 11.9 Å². The number of piperazine rings is 1. The summed E-state index contributed by atoms with van der Waals surface area (Å²) in [7, 11) is 0. The third-order valence-corrected chi connectivity index (χ3v) is 3.51. The quantitative estimate of drug-likeness (QED) is 0.825. The van der Waals surface area contributed by atoms with Crippen LogP contribution in [-0.2, 0) is 4.79 Å². The first-order valence-corrected chi connectivity index (χ1v) is 7.65. The van der Waals surface area contributed by atoms with Crippen LogP contribution in [0.4, 0.5) is 5.82 Å². The number of hydrogen-bond acceptors (Lipinski definition) is 5. The lowest BCUT2D eigenvalue weighted by molar-refractivity contribution is -0.131. The fourth-order valence-electron chi connectivity index (χ4n) is 2.47. The molecule has 0 unspecified atom stereocenters. The average molecular weight is 292 g/mol. The van der Waals surface area contributed by atoms with Crippen LogP contribution in [0.5, 0.6) is 5.88 Å². The number of rotatable bonds is 5. The molecule has 0 bridgehead atoms. The van der Waals surface area contributed by atoms with Crippen LogP contribution in [0.15, 0.2) is 6.07 Å². The van der Waals surface area contributed by atoms with Crippen molar-refractivity contribution in [1.82, 2.24) is 14.9 Å². The molecule has 0 atom stereocenters. The molecule has 0 spiro atoms. The molecule has 1 amide bonds. The van der Waals surface area contributed by atoms with E-state index in [-0.39, 0.29) is 5.91 Å². The second-order valence-electron chi connectivity index (χ2n) is 5.16. The Morgan fingerprint density at radius 1 is 1.24 bits per heavy atom. The molecule has 6 heteroatoms. The number of amides is 1. The van der Waals surface area contributed by atoms with Crippen molar-refractivity contribution in [1.29, 1.82) is 0 Å². The van der Waals surface area contributed by atoms with Gasteiger partial charge >= 0.3 is 0 Å². The molecule has 0 aliphatic carbocycles. The lowest BCUT2D eigenvalue weighted by Crippen LogP contribution is -2.49. The predicted octanol–water partition coefficient (Wildman–Crippen LogP) is 1.63. The van der Waals surface area contributed by atoms with E-state index in [4.69, 9.17) is 4.74 Å². The molecule has 6 nitrogen and oxygen atoms in total. The van der Waals surface area contributed by atoms with Crippen LogP contribution in [0.2, 0.25) is 0 Å². The summed E-state index contributed by atoms with van der Waals surface area (Å²) in [5.41, 5.74) is 0. The van der Waals surface area contributed by atoms with Crippen molar-refractivity contribution in [2.75, 3.05) is 37.7 Å². The van der Waals surface area contributed by atoms with E-state index in [0.29, 0.717) is 24.7 Å². The normalized spacial score (nSPS) is 15.2. The number of ether oxygens (including phenoxy) is 1. The zero-order valence-electron chi connectivity index (χ0n) is 13.1. The minimum atomic E-state index is 0.256. The van der Waals surface area contributed by atoms with Crippen molar-refractivity contribution in [3.63, 3.8) is 0 Å². The number of hydrogen-bond donors (Lipinski definition) is 0. The second-order valence-corrected chi connectivity index (χ2v) is 5.16. The van der Waals surface area contributed by atoms with E-state index in [9.17, 15) is 4.79 Å². The van der Waals surface area contributed by atoms with E-state index < -0.39 is 0 Å². The highest BCUT2D eigenvalue weighted by atomic mass is 16.5. The summed E-state index contributed by atoms with van der Waals surface area (Å²) < 4.78 is 5.47. The first-order valence-electron chi connectivity index (χ1n) is 7.65. The van der Waals surface area contributed by atoms with E-state index in [0.717, 1.165) is 38.4 Å². The number of carbonyl (C=O) groups excluding carboxylic acids is 1. The van der Waals surface area contributed by atoms with Gasteiger partial charge in [-0.15, -0.1) is 0 Å². The van der Waals surface area contributed by atoms with Crippen LogP contribution in [0.25, 0.3) is 0 Å². The molecule has 1 saturated heterocycles. The highest BCUT2D eigenvalue weighted by Gasteiger charge is 2.21. The van der Waals surface area contributed by atoms with E-state index in [1.54, 1.807) is 0 Å². The summed E-state index contributed by atoms with van der Waals surface area (Å²) in [6, 6.07) is 1.88. The molecule has 0 radical (unpaired) electrons. The Bertz CT molecular complexity index is 485. The molecule has 1 aliphatic rings. The largest absolute Gasteiger partial charge is 0.478 e. The van der Waals surface area contributed by atoms with Gasteiger partial charge in [-0.25, -0.2) is 4.98 Å². The number of nitrogens with zero attached hydrogens (tertiary/aromatic N) is 4. The zero-order valence-corrected chi connectivity index (χ0v) is 13.1. The topological polar surface area (TPSA) is 58.6 Å². The van der Waals surface area contributed by atoms with Gasteiger partial charge in [0.05, 0.1) is 6.61 Å². The van der Waals surface area contributed by atoms with Crippen LogP contribution < -0.4 is 9.64 Å². The first kappa shape index (κ1) is 15.5. The summed E-state index contributed by atoms with van der Waals surface area (Å²) in [6.45, 7) is 9.55. The SMILES string of the molecule is CCCC(=O)N1CCN(c2cc(OCC)nc(C)n2)CC1. The average Bonchev–Trinajstić information content (AvgIpc) is 2.47. The van der Waals surface area contributed by atoms with E-state index in [2.05, 4.69) is 14.9 Å². The van der Waals surface area contributed by atoms with Gasteiger partial charge in [-0.3, -0.25) is 4.79 Å². The van der Waals surface area contributed by atoms with Gasteiger partial charge in [0.2, 0.25) is 11.8 Å².